The third-order valence-corrected chi connectivity index (χ3v) is 4.42. The number of aromatic nitrogens is 1. The van der Waals surface area contributed by atoms with Gasteiger partial charge >= 0.3 is 0 Å². The summed E-state index contributed by atoms with van der Waals surface area (Å²) in [6.07, 6.45) is 2.21. The summed E-state index contributed by atoms with van der Waals surface area (Å²) in [6, 6.07) is 22.4. The number of fused-ring (bicyclic) bond motifs is 1. The molecule has 0 fully saturated rings. The molecular formula is C22H17ClN2O2. The molecule has 1 aromatic heterocycles. The van der Waals surface area contributed by atoms with Crippen molar-refractivity contribution in [2.45, 2.75) is 6.42 Å². The van der Waals surface area contributed by atoms with E-state index in [0.717, 1.165) is 22.2 Å². The highest BCUT2D eigenvalue weighted by Gasteiger charge is 2.06. The van der Waals surface area contributed by atoms with E-state index in [4.69, 9.17) is 16.3 Å². The fraction of sp³-hybridized carbons (Fsp3) is 0.0455. The molecule has 0 aliphatic carbocycles. The van der Waals surface area contributed by atoms with Crippen LogP contribution in [-0.2, 0) is 11.2 Å². The monoisotopic (exact) mass is 376 g/mol. The number of nitrogens with one attached hydrogen (secondary N) is 2. The number of amides is 1. The summed E-state index contributed by atoms with van der Waals surface area (Å²) in [6.45, 7) is 0. The van der Waals surface area contributed by atoms with Crippen molar-refractivity contribution in [3.63, 3.8) is 0 Å². The molecule has 0 saturated heterocycles. The number of ether oxygens (including phenoxy) is 1. The molecule has 3 aromatic carbocycles. The van der Waals surface area contributed by atoms with Crippen LogP contribution in [0.15, 0.2) is 79.0 Å². The van der Waals surface area contributed by atoms with E-state index in [-0.39, 0.29) is 5.91 Å². The van der Waals surface area contributed by atoms with E-state index in [1.165, 1.54) is 0 Å². The molecule has 0 aliphatic heterocycles. The molecule has 0 spiro atoms. The smallest absolute Gasteiger partial charge is 0.228 e. The Morgan fingerprint density at radius 1 is 0.926 bits per heavy atom. The minimum absolute atomic E-state index is 0.0590. The first-order valence-corrected chi connectivity index (χ1v) is 8.93. The van der Waals surface area contributed by atoms with Crippen LogP contribution in [0.2, 0.25) is 5.02 Å². The third-order valence-electron chi connectivity index (χ3n) is 4.17. The topological polar surface area (TPSA) is 54.1 Å². The molecule has 27 heavy (non-hydrogen) atoms. The lowest BCUT2D eigenvalue weighted by Crippen LogP contribution is -2.14. The number of hydrogen-bond donors (Lipinski definition) is 2. The minimum atomic E-state index is -0.0590. The van der Waals surface area contributed by atoms with Gasteiger partial charge in [-0.1, -0.05) is 17.7 Å². The zero-order valence-corrected chi connectivity index (χ0v) is 15.2. The van der Waals surface area contributed by atoms with Crippen LogP contribution in [0.3, 0.4) is 0 Å². The van der Waals surface area contributed by atoms with Gasteiger partial charge in [0.1, 0.15) is 11.5 Å². The number of carbonyl (C=O) groups is 1. The molecule has 4 aromatic rings. The Kier molecular flexibility index (Phi) is 4.81. The maximum absolute atomic E-state index is 12.3. The first kappa shape index (κ1) is 17.2. The molecule has 0 saturated carbocycles. The van der Waals surface area contributed by atoms with E-state index in [1.807, 2.05) is 54.7 Å². The molecule has 0 aliphatic rings. The molecule has 0 radical (unpaired) electrons. The molecular weight excluding hydrogens is 360 g/mol. The predicted octanol–water partition coefficient (Wildman–Crippen LogP) is 5.79. The Balaban J connectivity index is 1.37. The zero-order valence-electron chi connectivity index (χ0n) is 14.4. The van der Waals surface area contributed by atoms with Gasteiger partial charge in [-0.2, -0.15) is 0 Å². The fourth-order valence-corrected chi connectivity index (χ4v) is 2.97. The minimum Gasteiger partial charge on any atom is -0.457 e. The van der Waals surface area contributed by atoms with Crippen molar-refractivity contribution in [2.75, 3.05) is 5.32 Å². The van der Waals surface area contributed by atoms with E-state index in [1.54, 1.807) is 24.3 Å². The summed E-state index contributed by atoms with van der Waals surface area (Å²) in [7, 11) is 0. The lowest BCUT2D eigenvalue weighted by atomic mass is 10.1. The second-order valence-corrected chi connectivity index (χ2v) is 6.64. The Morgan fingerprint density at radius 3 is 2.37 bits per heavy atom. The first-order chi connectivity index (χ1) is 13.2. The van der Waals surface area contributed by atoms with Crippen molar-refractivity contribution in [1.29, 1.82) is 0 Å². The summed E-state index contributed by atoms with van der Waals surface area (Å²) in [5.41, 5.74) is 2.77. The van der Waals surface area contributed by atoms with E-state index >= 15 is 0 Å². The van der Waals surface area contributed by atoms with Crippen LogP contribution >= 0.6 is 11.6 Å². The molecule has 134 valence electrons. The van der Waals surface area contributed by atoms with E-state index in [0.29, 0.717) is 22.9 Å². The maximum atomic E-state index is 12.3. The Labute approximate surface area is 161 Å². The number of rotatable bonds is 5. The number of benzene rings is 3. The van der Waals surface area contributed by atoms with Crippen LogP contribution in [0.25, 0.3) is 10.9 Å². The molecule has 0 atom stereocenters. The highest BCUT2D eigenvalue weighted by atomic mass is 35.5. The van der Waals surface area contributed by atoms with Crippen molar-refractivity contribution in [2.24, 2.45) is 0 Å². The molecule has 1 amide bonds. The van der Waals surface area contributed by atoms with Crippen LogP contribution in [0, 0.1) is 0 Å². The Bertz CT molecular complexity index is 1070. The fourth-order valence-electron chi connectivity index (χ4n) is 2.85. The highest BCUT2D eigenvalue weighted by molar-refractivity contribution is 6.30. The molecule has 1 heterocycles. The second kappa shape index (κ2) is 7.56. The van der Waals surface area contributed by atoms with Crippen LogP contribution < -0.4 is 10.1 Å². The highest BCUT2D eigenvalue weighted by Crippen LogP contribution is 2.24. The van der Waals surface area contributed by atoms with Crippen LogP contribution in [0.1, 0.15) is 5.56 Å². The largest absolute Gasteiger partial charge is 0.457 e. The number of anilines is 1. The normalized spacial score (nSPS) is 10.7. The van der Waals surface area contributed by atoms with Gasteiger partial charge in [0.15, 0.2) is 0 Å². The van der Waals surface area contributed by atoms with Gasteiger partial charge in [-0.05, 0) is 77.7 Å². The van der Waals surface area contributed by atoms with Crippen LogP contribution in [-0.4, -0.2) is 10.9 Å². The quantitative estimate of drug-likeness (QED) is 0.462. The third kappa shape index (κ3) is 4.30. The molecule has 0 bridgehead atoms. The van der Waals surface area contributed by atoms with Gasteiger partial charge in [0.2, 0.25) is 5.91 Å². The lowest BCUT2D eigenvalue weighted by Gasteiger charge is -2.08. The molecule has 4 rings (SSSR count). The number of carbonyl (C=O) groups excluding carboxylic acids is 1. The average Bonchev–Trinajstić information content (AvgIpc) is 3.13. The van der Waals surface area contributed by atoms with Gasteiger partial charge in [0, 0.05) is 22.4 Å². The summed E-state index contributed by atoms with van der Waals surface area (Å²) in [5, 5.41) is 4.68. The average molecular weight is 377 g/mol. The van der Waals surface area contributed by atoms with Crippen molar-refractivity contribution < 1.29 is 9.53 Å². The Hall–Kier alpha value is -3.24. The Morgan fingerprint density at radius 2 is 1.63 bits per heavy atom. The summed E-state index contributed by atoms with van der Waals surface area (Å²) in [4.78, 5) is 15.4. The van der Waals surface area contributed by atoms with Crippen molar-refractivity contribution in [3.8, 4) is 11.5 Å². The summed E-state index contributed by atoms with van der Waals surface area (Å²) in [5.74, 6) is 1.33. The van der Waals surface area contributed by atoms with E-state index in [2.05, 4.69) is 10.3 Å². The second-order valence-electron chi connectivity index (χ2n) is 6.20. The summed E-state index contributed by atoms with van der Waals surface area (Å²) >= 11 is 5.87. The van der Waals surface area contributed by atoms with E-state index in [9.17, 15) is 4.79 Å². The number of aromatic amines is 1. The van der Waals surface area contributed by atoms with Gasteiger partial charge in [0.25, 0.3) is 0 Å². The van der Waals surface area contributed by atoms with Gasteiger partial charge in [0.05, 0.1) is 6.42 Å². The van der Waals surface area contributed by atoms with Crippen molar-refractivity contribution in [1.82, 2.24) is 4.98 Å². The van der Waals surface area contributed by atoms with Crippen molar-refractivity contribution >= 4 is 34.1 Å². The zero-order chi connectivity index (χ0) is 18.6. The summed E-state index contributed by atoms with van der Waals surface area (Å²) < 4.78 is 5.75. The van der Waals surface area contributed by atoms with Gasteiger partial charge in [-0.3, -0.25) is 4.79 Å². The van der Waals surface area contributed by atoms with E-state index < -0.39 is 0 Å². The number of hydrogen-bond acceptors (Lipinski definition) is 2. The maximum Gasteiger partial charge on any atom is 0.228 e. The number of H-pyrrole nitrogens is 1. The predicted molar refractivity (Wildman–Crippen MR) is 109 cm³/mol. The van der Waals surface area contributed by atoms with Gasteiger partial charge < -0.3 is 15.0 Å². The number of halogens is 1. The molecule has 2 N–H and O–H groups in total. The lowest BCUT2D eigenvalue weighted by molar-refractivity contribution is -0.115. The first-order valence-electron chi connectivity index (χ1n) is 8.55. The molecule has 0 unspecified atom stereocenters. The molecule has 4 nitrogen and oxygen atoms in total. The van der Waals surface area contributed by atoms with Crippen LogP contribution in [0.5, 0.6) is 11.5 Å². The van der Waals surface area contributed by atoms with Gasteiger partial charge in [-0.15, -0.1) is 0 Å². The molecule has 5 heteroatoms. The SMILES string of the molecule is O=C(Cc1ccc2[nH]ccc2c1)Nc1ccc(Oc2ccc(Cl)cc2)cc1. The van der Waals surface area contributed by atoms with Gasteiger partial charge in [-0.25, -0.2) is 0 Å². The van der Waals surface area contributed by atoms with Crippen molar-refractivity contribution in [3.05, 3.63) is 89.6 Å². The van der Waals surface area contributed by atoms with Crippen LogP contribution in [0.4, 0.5) is 5.69 Å². The standard InChI is InChI=1S/C22H17ClN2O2/c23-17-2-6-19(7-3-17)27-20-8-4-18(5-9-20)25-22(26)14-15-1-10-21-16(13-15)11-12-24-21/h1-13,24H,14H2,(H,25,26).